The molecule has 1 saturated heterocycles. The van der Waals surface area contributed by atoms with Crippen molar-refractivity contribution in [2.45, 2.75) is 39.7 Å². The fourth-order valence-corrected chi connectivity index (χ4v) is 3.88. The van der Waals surface area contributed by atoms with Crippen LogP contribution in [0.25, 0.3) is 0 Å². The lowest BCUT2D eigenvalue weighted by Gasteiger charge is -2.30. The number of hydrogen-bond acceptors (Lipinski definition) is 5. The summed E-state index contributed by atoms with van der Waals surface area (Å²) in [5.74, 6) is 0.174. The van der Waals surface area contributed by atoms with E-state index in [0.717, 1.165) is 18.7 Å². The molecule has 3 rings (SSSR count). The highest BCUT2D eigenvalue weighted by Crippen LogP contribution is 2.31. The summed E-state index contributed by atoms with van der Waals surface area (Å²) in [6, 6.07) is 7.17. The van der Waals surface area contributed by atoms with Gasteiger partial charge in [-0.25, -0.2) is 4.79 Å². The predicted octanol–water partition coefficient (Wildman–Crippen LogP) is 2.55. The highest BCUT2D eigenvalue weighted by atomic mass is 16.6. The first-order valence-electron chi connectivity index (χ1n) is 10.7. The Labute approximate surface area is 178 Å². The smallest absolute Gasteiger partial charge is 0.409 e. The van der Waals surface area contributed by atoms with Crippen molar-refractivity contribution in [1.82, 2.24) is 9.80 Å². The lowest BCUT2D eigenvalue weighted by Crippen LogP contribution is -2.46. The second-order valence-electron chi connectivity index (χ2n) is 8.47. The van der Waals surface area contributed by atoms with E-state index in [-0.39, 0.29) is 36.9 Å². The summed E-state index contributed by atoms with van der Waals surface area (Å²) in [5.41, 5.74) is 1.39. The Morgan fingerprint density at radius 1 is 1.17 bits per heavy atom. The topological polar surface area (TPSA) is 82.2 Å². The Bertz CT molecular complexity index is 782. The number of nitrogens with one attached hydrogen (secondary N) is 1. The molecule has 8 heteroatoms. The number of benzene rings is 1. The van der Waals surface area contributed by atoms with Gasteiger partial charge >= 0.3 is 6.09 Å². The minimum atomic E-state index is -0.281. The molecule has 164 valence electrons. The van der Waals surface area contributed by atoms with E-state index in [9.17, 15) is 14.4 Å². The molecule has 2 aliphatic rings. The van der Waals surface area contributed by atoms with E-state index >= 15 is 0 Å². The molecule has 30 heavy (non-hydrogen) atoms. The molecule has 3 amide bonds. The first-order chi connectivity index (χ1) is 14.3. The van der Waals surface area contributed by atoms with Crippen LogP contribution in [0.5, 0.6) is 0 Å². The molecule has 1 aromatic rings. The zero-order chi connectivity index (χ0) is 21.7. The van der Waals surface area contributed by atoms with Crippen LogP contribution in [0.2, 0.25) is 0 Å². The summed E-state index contributed by atoms with van der Waals surface area (Å²) in [4.78, 5) is 43.2. The summed E-state index contributed by atoms with van der Waals surface area (Å²) in [6.45, 7) is 9.10. The van der Waals surface area contributed by atoms with Gasteiger partial charge in [0, 0.05) is 38.6 Å². The Kier molecular flexibility index (Phi) is 7.31. The van der Waals surface area contributed by atoms with E-state index in [0.29, 0.717) is 37.8 Å². The highest BCUT2D eigenvalue weighted by Gasteiger charge is 2.31. The fraction of sp³-hybridized carbons (Fsp3) is 0.591. The van der Waals surface area contributed by atoms with Gasteiger partial charge in [0.05, 0.1) is 24.5 Å². The molecule has 0 saturated carbocycles. The number of nitrogens with zero attached hydrogens (tertiary/aromatic N) is 3. The van der Waals surface area contributed by atoms with E-state index in [2.05, 4.69) is 10.2 Å². The molecule has 1 fully saturated rings. The molecule has 2 aliphatic heterocycles. The van der Waals surface area contributed by atoms with Crippen molar-refractivity contribution in [3.8, 4) is 0 Å². The number of fused-ring (bicyclic) bond motifs is 1. The number of para-hydroxylation sites is 2. The minimum Gasteiger partial charge on any atom is -0.449 e. The van der Waals surface area contributed by atoms with Gasteiger partial charge in [-0.2, -0.15) is 0 Å². The molecule has 1 atom stereocenters. The van der Waals surface area contributed by atoms with Crippen molar-refractivity contribution < 1.29 is 19.1 Å². The second kappa shape index (κ2) is 9.93. The third kappa shape index (κ3) is 5.50. The zero-order valence-electron chi connectivity index (χ0n) is 18.1. The number of ether oxygens (including phenoxy) is 1. The Hall–Kier alpha value is -2.61. The Morgan fingerprint density at radius 2 is 1.93 bits per heavy atom. The maximum Gasteiger partial charge on any atom is 0.409 e. The van der Waals surface area contributed by atoms with Gasteiger partial charge in [-0.15, -0.1) is 0 Å². The lowest BCUT2D eigenvalue weighted by molar-refractivity contribution is -0.120. The first-order valence-corrected chi connectivity index (χ1v) is 10.7. The summed E-state index contributed by atoms with van der Waals surface area (Å²) in [5, 5.41) is 2.88. The second-order valence-corrected chi connectivity index (χ2v) is 8.47. The quantitative estimate of drug-likeness (QED) is 0.816. The fourth-order valence-electron chi connectivity index (χ4n) is 3.88. The number of carbonyl (C=O) groups is 3. The first kappa shape index (κ1) is 22.1. The standard InChI is InChI=1S/C22H32N4O4/c1-16(2)15-30-22(29)25-10-6-9-24(11-12-25)14-21(28)26-17(3)13-20(27)23-18-7-4-5-8-19(18)26/h4-5,7-8,16-17H,6,9-15H2,1-3H3,(H,23,27). The minimum absolute atomic E-state index is 0.0396. The summed E-state index contributed by atoms with van der Waals surface area (Å²) in [7, 11) is 0. The average Bonchev–Trinajstić information content (AvgIpc) is 2.99. The molecule has 0 bridgehead atoms. The van der Waals surface area contributed by atoms with Gasteiger partial charge in [-0.05, 0) is 31.4 Å². The van der Waals surface area contributed by atoms with Crippen molar-refractivity contribution >= 4 is 29.3 Å². The van der Waals surface area contributed by atoms with Crippen LogP contribution in [-0.4, -0.2) is 73.1 Å². The van der Waals surface area contributed by atoms with Crippen LogP contribution in [0.15, 0.2) is 24.3 Å². The van der Waals surface area contributed by atoms with Crippen molar-refractivity contribution in [3.63, 3.8) is 0 Å². The van der Waals surface area contributed by atoms with Crippen LogP contribution in [0, 0.1) is 5.92 Å². The van der Waals surface area contributed by atoms with Crippen LogP contribution < -0.4 is 10.2 Å². The Morgan fingerprint density at radius 3 is 2.70 bits per heavy atom. The van der Waals surface area contributed by atoms with Crippen molar-refractivity contribution in [1.29, 1.82) is 0 Å². The van der Waals surface area contributed by atoms with Gasteiger partial charge in [0.15, 0.2) is 0 Å². The number of anilines is 2. The number of hydrogen-bond donors (Lipinski definition) is 1. The molecule has 8 nitrogen and oxygen atoms in total. The van der Waals surface area contributed by atoms with Gasteiger partial charge in [0.2, 0.25) is 11.8 Å². The molecule has 0 aromatic heterocycles. The van der Waals surface area contributed by atoms with E-state index in [1.165, 1.54) is 0 Å². The average molecular weight is 417 g/mol. The third-order valence-electron chi connectivity index (χ3n) is 5.37. The molecular weight excluding hydrogens is 384 g/mol. The van der Waals surface area contributed by atoms with Crippen molar-refractivity contribution in [2.75, 3.05) is 49.5 Å². The SMILES string of the molecule is CC(C)COC(=O)N1CCCN(CC(=O)N2c3ccccc3NC(=O)CC2C)CC1. The maximum atomic E-state index is 13.2. The molecule has 0 aliphatic carbocycles. The van der Waals surface area contributed by atoms with E-state index < -0.39 is 0 Å². The normalized spacial score (nSPS) is 20.3. The predicted molar refractivity (Wildman–Crippen MR) is 115 cm³/mol. The van der Waals surface area contributed by atoms with E-state index in [1.54, 1.807) is 9.80 Å². The van der Waals surface area contributed by atoms with Crippen LogP contribution in [0.1, 0.15) is 33.6 Å². The van der Waals surface area contributed by atoms with Gasteiger partial charge in [-0.1, -0.05) is 26.0 Å². The van der Waals surface area contributed by atoms with Gasteiger partial charge in [0.25, 0.3) is 0 Å². The molecule has 1 N–H and O–H groups in total. The monoisotopic (exact) mass is 416 g/mol. The Balaban J connectivity index is 1.63. The van der Waals surface area contributed by atoms with Gasteiger partial charge < -0.3 is 19.9 Å². The highest BCUT2D eigenvalue weighted by molar-refractivity contribution is 6.04. The summed E-state index contributed by atoms with van der Waals surface area (Å²) in [6.07, 6.45) is 0.767. The molecule has 0 spiro atoms. The van der Waals surface area contributed by atoms with Crippen molar-refractivity contribution in [3.05, 3.63) is 24.3 Å². The van der Waals surface area contributed by atoms with Gasteiger partial charge in [0.1, 0.15) is 0 Å². The number of carbonyl (C=O) groups excluding carboxylic acids is 3. The number of amides is 3. The lowest BCUT2D eigenvalue weighted by atomic mass is 10.1. The molecule has 1 aromatic carbocycles. The van der Waals surface area contributed by atoms with Crippen LogP contribution in [0.3, 0.4) is 0 Å². The van der Waals surface area contributed by atoms with Crippen molar-refractivity contribution in [2.24, 2.45) is 5.92 Å². The van der Waals surface area contributed by atoms with Crippen LogP contribution in [-0.2, 0) is 14.3 Å². The molecule has 1 unspecified atom stereocenters. The van der Waals surface area contributed by atoms with E-state index in [1.807, 2.05) is 45.0 Å². The maximum absolute atomic E-state index is 13.2. The number of rotatable bonds is 4. The molecule has 0 radical (unpaired) electrons. The zero-order valence-corrected chi connectivity index (χ0v) is 18.1. The summed E-state index contributed by atoms with van der Waals surface area (Å²) < 4.78 is 5.34. The van der Waals surface area contributed by atoms with Crippen LogP contribution >= 0.6 is 0 Å². The summed E-state index contributed by atoms with van der Waals surface area (Å²) >= 11 is 0. The third-order valence-corrected chi connectivity index (χ3v) is 5.37. The van der Waals surface area contributed by atoms with Gasteiger partial charge in [-0.3, -0.25) is 14.5 Å². The van der Waals surface area contributed by atoms with E-state index in [4.69, 9.17) is 4.74 Å². The molecule has 2 heterocycles. The largest absolute Gasteiger partial charge is 0.449 e. The van der Waals surface area contributed by atoms with Crippen LogP contribution in [0.4, 0.5) is 16.2 Å². The molecular formula is C22H32N4O4.